The molecule has 0 fully saturated rings. The van der Waals surface area contributed by atoms with Crippen LogP contribution in [0.1, 0.15) is 30.0 Å². The Kier molecular flexibility index (Phi) is 3.87. The van der Waals surface area contributed by atoms with Crippen LogP contribution in [0.25, 0.3) is 0 Å². The Labute approximate surface area is 112 Å². The summed E-state index contributed by atoms with van der Waals surface area (Å²) in [5, 5.41) is 1.94. The van der Waals surface area contributed by atoms with E-state index in [0.717, 1.165) is 0 Å². The van der Waals surface area contributed by atoms with Crippen LogP contribution in [-0.4, -0.2) is 19.2 Å². The summed E-state index contributed by atoms with van der Waals surface area (Å²) in [6.07, 6.45) is -3.40. The average molecular weight is 291 g/mol. The molecule has 1 N–H and O–H groups in total. The second-order valence-corrected chi connectivity index (χ2v) is 4.60. The van der Waals surface area contributed by atoms with Crippen LogP contribution in [-0.2, 0) is 11.2 Å². The van der Waals surface area contributed by atoms with Crippen LogP contribution < -0.4 is 10.1 Å². The van der Waals surface area contributed by atoms with Gasteiger partial charge in [-0.2, -0.15) is 13.2 Å². The molecule has 1 unspecified atom stereocenters. The zero-order valence-electron chi connectivity index (χ0n) is 10.7. The van der Waals surface area contributed by atoms with Crippen LogP contribution in [0.4, 0.5) is 17.6 Å². The number of alkyl halides is 3. The van der Waals surface area contributed by atoms with Gasteiger partial charge in [-0.25, -0.2) is 4.39 Å². The largest absolute Gasteiger partial charge is 0.494 e. The van der Waals surface area contributed by atoms with E-state index in [0.29, 0.717) is 30.4 Å². The molecule has 20 heavy (non-hydrogen) atoms. The summed E-state index contributed by atoms with van der Waals surface area (Å²) in [4.78, 5) is 11.0. The monoisotopic (exact) mass is 291 g/mol. The van der Waals surface area contributed by atoms with E-state index in [4.69, 9.17) is 4.74 Å². The molecule has 1 aromatic rings. The Balaban J connectivity index is 2.30. The van der Waals surface area contributed by atoms with Gasteiger partial charge in [-0.3, -0.25) is 4.79 Å². The van der Waals surface area contributed by atoms with Crippen molar-refractivity contribution in [2.24, 2.45) is 0 Å². The molecule has 0 saturated carbocycles. The summed E-state index contributed by atoms with van der Waals surface area (Å²) < 4.78 is 55.3. The van der Waals surface area contributed by atoms with Gasteiger partial charge in [0.1, 0.15) is 0 Å². The Hall–Kier alpha value is -1.79. The van der Waals surface area contributed by atoms with Crippen molar-refractivity contribution >= 4 is 5.91 Å². The highest BCUT2D eigenvalue weighted by Gasteiger charge is 2.40. The second kappa shape index (κ2) is 5.30. The molecule has 0 heterocycles. The number of halogens is 4. The summed E-state index contributed by atoms with van der Waals surface area (Å²) in [6, 6.07) is 1.83. The summed E-state index contributed by atoms with van der Waals surface area (Å²) in [5.41, 5.74) is 1.08. The molecule has 3 nitrogen and oxygen atoms in total. The lowest BCUT2D eigenvalue weighted by Gasteiger charge is -2.27. The number of aryl methyl sites for hydroxylation is 1. The van der Waals surface area contributed by atoms with Gasteiger partial charge in [-0.05, 0) is 42.5 Å². The normalized spacial score (nSPS) is 18.4. The molecule has 1 atom stereocenters. The molecule has 110 valence electrons. The van der Waals surface area contributed by atoms with E-state index in [2.05, 4.69) is 0 Å². The number of nitrogens with one attached hydrogen (secondary N) is 1. The van der Waals surface area contributed by atoms with E-state index >= 15 is 0 Å². The van der Waals surface area contributed by atoms with Crippen LogP contribution in [0.5, 0.6) is 5.75 Å². The van der Waals surface area contributed by atoms with Gasteiger partial charge in [0.25, 0.3) is 0 Å². The summed E-state index contributed by atoms with van der Waals surface area (Å²) >= 11 is 0. The number of ether oxygens (including phenoxy) is 1. The molecule has 7 heteroatoms. The van der Waals surface area contributed by atoms with Crippen molar-refractivity contribution in [1.82, 2.24) is 5.32 Å². The van der Waals surface area contributed by atoms with Crippen molar-refractivity contribution in [2.75, 3.05) is 7.11 Å². The number of carbonyl (C=O) groups is 1. The quantitative estimate of drug-likeness (QED) is 0.851. The molecule has 1 aliphatic rings. The zero-order chi connectivity index (χ0) is 14.9. The maximum Gasteiger partial charge on any atom is 0.471 e. The maximum atomic E-state index is 13.6. The third kappa shape index (κ3) is 2.86. The van der Waals surface area contributed by atoms with Crippen LogP contribution in [0.3, 0.4) is 0 Å². The molecule has 1 amide bonds. The smallest absolute Gasteiger partial charge is 0.471 e. The molecule has 0 aliphatic heterocycles. The van der Waals surface area contributed by atoms with E-state index in [1.807, 2.05) is 5.32 Å². The first-order valence-electron chi connectivity index (χ1n) is 6.07. The Morgan fingerprint density at radius 3 is 2.70 bits per heavy atom. The fraction of sp³-hybridized carbons (Fsp3) is 0.462. The first-order valence-corrected chi connectivity index (χ1v) is 6.07. The third-order valence-corrected chi connectivity index (χ3v) is 3.29. The predicted molar refractivity (Wildman–Crippen MR) is 62.8 cm³/mol. The fourth-order valence-electron chi connectivity index (χ4n) is 2.35. The number of amides is 1. The molecular formula is C13H13F4NO2. The first kappa shape index (κ1) is 14.6. The number of carbonyl (C=O) groups excluding carboxylic acids is 1. The van der Waals surface area contributed by atoms with Gasteiger partial charge in [-0.15, -0.1) is 0 Å². The van der Waals surface area contributed by atoms with Crippen molar-refractivity contribution in [3.63, 3.8) is 0 Å². The molecule has 0 bridgehead atoms. The van der Waals surface area contributed by atoms with Crippen LogP contribution in [0.2, 0.25) is 0 Å². The van der Waals surface area contributed by atoms with Crippen LogP contribution in [0.15, 0.2) is 12.1 Å². The van der Waals surface area contributed by atoms with Gasteiger partial charge in [0.15, 0.2) is 11.6 Å². The summed E-state index contributed by atoms with van der Waals surface area (Å²) in [7, 11) is 1.27. The molecular weight excluding hydrogens is 278 g/mol. The van der Waals surface area contributed by atoms with Gasteiger partial charge >= 0.3 is 12.1 Å². The number of rotatable bonds is 2. The van der Waals surface area contributed by atoms with Gasteiger partial charge < -0.3 is 10.1 Å². The minimum atomic E-state index is -4.93. The standard InChI is InChI=1S/C13H13F4NO2/c1-20-11-6-8-7(5-9(11)14)3-2-4-10(8)18-12(19)13(15,16)17/h5-6,10H,2-4H2,1H3,(H,18,19). The van der Waals surface area contributed by atoms with Gasteiger partial charge in [0.2, 0.25) is 0 Å². The number of methoxy groups -OCH3 is 1. The lowest BCUT2D eigenvalue weighted by Crippen LogP contribution is -2.40. The van der Waals surface area contributed by atoms with E-state index in [1.54, 1.807) is 0 Å². The SMILES string of the molecule is COc1cc2c(cc1F)CCCC2NC(=O)C(F)(F)F. The molecule has 1 aromatic carbocycles. The third-order valence-electron chi connectivity index (χ3n) is 3.29. The van der Waals surface area contributed by atoms with Gasteiger partial charge in [0, 0.05) is 0 Å². The lowest BCUT2D eigenvalue weighted by atomic mass is 9.87. The molecule has 0 spiro atoms. The van der Waals surface area contributed by atoms with Crippen LogP contribution >= 0.6 is 0 Å². The highest BCUT2D eigenvalue weighted by atomic mass is 19.4. The number of benzene rings is 1. The van der Waals surface area contributed by atoms with Crippen molar-refractivity contribution in [3.8, 4) is 5.75 Å². The number of hydrogen-bond donors (Lipinski definition) is 1. The minimum absolute atomic E-state index is 0.0445. The van der Waals surface area contributed by atoms with Gasteiger partial charge in [-0.1, -0.05) is 0 Å². The zero-order valence-corrected chi connectivity index (χ0v) is 10.7. The van der Waals surface area contributed by atoms with E-state index in [-0.39, 0.29) is 5.75 Å². The van der Waals surface area contributed by atoms with Crippen molar-refractivity contribution in [1.29, 1.82) is 0 Å². The van der Waals surface area contributed by atoms with Gasteiger partial charge in [0.05, 0.1) is 13.2 Å². The molecule has 0 radical (unpaired) electrons. The molecule has 0 saturated heterocycles. The highest BCUT2D eigenvalue weighted by molar-refractivity contribution is 5.82. The molecule has 1 aliphatic carbocycles. The number of hydrogen-bond acceptors (Lipinski definition) is 2. The van der Waals surface area contributed by atoms with Crippen molar-refractivity contribution in [3.05, 3.63) is 29.1 Å². The Bertz CT molecular complexity index is 528. The number of fused-ring (bicyclic) bond motifs is 1. The second-order valence-electron chi connectivity index (χ2n) is 4.60. The van der Waals surface area contributed by atoms with E-state index in [9.17, 15) is 22.4 Å². The fourth-order valence-corrected chi connectivity index (χ4v) is 2.35. The molecule has 2 rings (SSSR count). The van der Waals surface area contributed by atoms with E-state index < -0.39 is 23.9 Å². The Morgan fingerprint density at radius 2 is 2.10 bits per heavy atom. The van der Waals surface area contributed by atoms with Crippen molar-refractivity contribution in [2.45, 2.75) is 31.5 Å². The Morgan fingerprint density at radius 1 is 1.40 bits per heavy atom. The first-order chi connectivity index (χ1) is 9.32. The highest BCUT2D eigenvalue weighted by Crippen LogP contribution is 2.34. The summed E-state index contributed by atoms with van der Waals surface area (Å²) in [5.74, 6) is -2.59. The predicted octanol–water partition coefficient (Wildman–Crippen LogP) is 2.89. The maximum absolute atomic E-state index is 13.6. The van der Waals surface area contributed by atoms with E-state index in [1.165, 1.54) is 19.2 Å². The summed E-state index contributed by atoms with van der Waals surface area (Å²) in [6.45, 7) is 0. The average Bonchev–Trinajstić information content (AvgIpc) is 2.37. The lowest BCUT2D eigenvalue weighted by molar-refractivity contribution is -0.174. The molecule has 0 aromatic heterocycles. The van der Waals surface area contributed by atoms with Crippen molar-refractivity contribution < 1.29 is 27.1 Å². The van der Waals surface area contributed by atoms with Crippen LogP contribution in [0, 0.1) is 5.82 Å². The topological polar surface area (TPSA) is 38.3 Å². The minimum Gasteiger partial charge on any atom is -0.494 e.